The van der Waals surface area contributed by atoms with Gasteiger partial charge in [-0.3, -0.25) is 23.5 Å². The molecule has 0 atom stereocenters. The number of ether oxygens (including phenoxy) is 2. The summed E-state index contributed by atoms with van der Waals surface area (Å²) in [5, 5.41) is 3.17. The fourth-order valence-electron chi connectivity index (χ4n) is 4.81. The van der Waals surface area contributed by atoms with Gasteiger partial charge >= 0.3 is 11.7 Å². The number of carbonyl (C=O) groups is 2. The third-order valence-corrected chi connectivity index (χ3v) is 8.42. The smallest absolute Gasteiger partial charge is 0.332 e. The van der Waals surface area contributed by atoms with Crippen LogP contribution >= 0.6 is 11.3 Å². The number of nitrogens with zero attached hydrogens (tertiary/aromatic N) is 2. The molecule has 1 fully saturated rings. The summed E-state index contributed by atoms with van der Waals surface area (Å²) in [6.07, 6.45) is 1.46. The second-order valence-corrected chi connectivity index (χ2v) is 12.4. The van der Waals surface area contributed by atoms with Gasteiger partial charge in [-0.05, 0) is 68.5 Å². The number of hydrogen-bond acceptors (Lipinski definition) is 7. The van der Waals surface area contributed by atoms with Crippen LogP contribution in [-0.4, -0.2) is 33.7 Å². The summed E-state index contributed by atoms with van der Waals surface area (Å²) in [6.45, 7) is 5.91. The molecule has 9 nitrogen and oxygen atoms in total. The Morgan fingerprint density at radius 2 is 1.73 bits per heavy atom. The van der Waals surface area contributed by atoms with E-state index in [1.165, 1.54) is 9.13 Å². The minimum absolute atomic E-state index is 0.0639. The highest BCUT2D eigenvalue weighted by atomic mass is 32.1. The van der Waals surface area contributed by atoms with E-state index in [0.29, 0.717) is 27.4 Å². The normalized spacial score (nSPS) is 14.1. The van der Waals surface area contributed by atoms with Crippen molar-refractivity contribution in [3.05, 3.63) is 97.0 Å². The van der Waals surface area contributed by atoms with E-state index in [1.54, 1.807) is 20.2 Å². The SMILES string of the molecule is COc1cccc(CNC(=O)c2cc3c(=O)n(Cc4ccc(C5(C(=O)OC(C)(C)C)CC5)cc4)c(=O)n(C)c3s2)c1. The van der Waals surface area contributed by atoms with E-state index in [0.717, 1.165) is 40.9 Å². The summed E-state index contributed by atoms with van der Waals surface area (Å²) in [5.41, 5.74) is 0.375. The zero-order valence-electron chi connectivity index (χ0n) is 23.8. The molecule has 0 aliphatic heterocycles. The lowest BCUT2D eigenvalue weighted by molar-refractivity contribution is -0.158. The molecule has 1 aliphatic rings. The average Bonchev–Trinajstić information content (AvgIpc) is 3.64. The van der Waals surface area contributed by atoms with E-state index < -0.39 is 22.3 Å². The monoisotopic (exact) mass is 575 g/mol. The molecule has 2 aromatic heterocycles. The van der Waals surface area contributed by atoms with Crippen molar-refractivity contribution in [1.29, 1.82) is 0 Å². The fraction of sp³-hybridized carbons (Fsp3) is 0.355. The second kappa shape index (κ2) is 10.7. The lowest BCUT2D eigenvalue weighted by Gasteiger charge is -2.24. The van der Waals surface area contributed by atoms with Crippen molar-refractivity contribution < 1.29 is 19.1 Å². The van der Waals surface area contributed by atoms with Gasteiger partial charge in [-0.1, -0.05) is 36.4 Å². The van der Waals surface area contributed by atoms with Crippen LogP contribution in [0.4, 0.5) is 0 Å². The number of rotatable bonds is 8. The van der Waals surface area contributed by atoms with Crippen LogP contribution in [-0.2, 0) is 35.1 Å². The van der Waals surface area contributed by atoms with Gasteiger partial charge in [-0.25, -0.2) is 4.79 Å². The van der Waals surface area contributed by atoms with Gasteiger partial charge in [0.15, 0.2) is 0 Å². The Hall–Kier alpha value is -4.18. The Bertz CT molecular complexity index is 1750. The molecule has 5 rings (SSSR count). The van der Waals surface area contributed by atoms with Crippen molar-refractivity contribution in [2.24, 2.45) is 7.05 Å². The number of benzene rings is 2. The highest BCUT2D eigenvalue weighted by Gasteiger charge is 2.53. The number of esters is 1. The molecule has 1 saturated carbocycles. The van der Waals surface area contributed by atoms with Crippen LogP contribution in [0.5, 0.6) is 5.75 Å². The number of thiophene rings is 1. The minimum Gasteiger partial charge on any atom is -0.497 e. The standard InChI is InChI=1S/C31H33N3O6S/c1-30(2,3)40-28(37)31(13-14-31)21-11-9-19(10-12-21)18-34-26(36)23-16-24(41-27(23)33(4)29(34)38)25(35)32-17-20-7-6-8-22(15-20)39-5/h6-12,15-16H,13-14,17-18H2,1-5H3,(H,32,35). The number of fused-ring (bicyclic) bond motifs is 1. The van der Waals surface area contributed by atoms with Gasteiger partial charge in [-0.15, -0.1) is 11.3 Å². The molecule has 0 saturated heterocycles. The molecule has 41 heavy (non-hydrogen) atoms. The summed E-state index contributed by atoms with van der Waals surface area (Å²) < 4.78 is 13.4. The third-order valence-electron chi connectivity index (χ3n) is 7.21. The Morgan fingerprint density at radius 3 is 2.37 bits per heavy atom. The first kappa shape index (κ1) is 28.4. The lowest BCUT2D eigenvalue weighted by atomic mass is 9.94. The van der Waals surface area contributed by atoms with Crippen LogP contribution in [0.1, 0.15) is 60.0 Å². The molecule has 1 N–H and O–H groups in total. The Kier molecular flexibility index (Phi) is 7.37. The van der Waals surface area contributed by atoms with E-state index >= 15 is 0 Å². The number of carbonyl (C=O) groups excluding carboxylic acids is 2. The van der Waals surface area contributed by atoms with Crippen LogP contribution in [0.3, 0.4) is 0 Å². The van der Waals surface area contributed by atoms with Crippen molar-refractivity contribution in [3.63, 3.8) is 0 Å². The van der Waals surface area contributed by atoms with E-state index in [2.05, 4.69) is 5.32 Å². The van der Waals surface area contributed by atoms with E-state index in [1.807, 2.05) is 69.3 Å². The molecule has 10 heteroatoms. The maximum absolute atomic E-state index is 13.4. The number of aryl methyl sites for hydroxylation is 1. The molecule has 214 valence electrons. The molecule has 2 heterocycles. The fourth-order valence-corrected chi connectivity index (χ4v) is 5.83. The van der Waals surface area contributed by atoms with E-state index in [9.17, 15) is 19.2 Å². The number of amides is 1. The zero-order chi connectivity index (χ0) is 29.5. The molecule has 0 unspecified atom stereocenters. The first-order valence-electron chi connectivity index (χ1n) is 13.4. The van der Waals surface area contributed by atoms with Gasteiger partial charge in [-0.2, -0.15) is 0 Å². The number of hydrogen-bond donors (Lipinski definition) is 1. The highest BCUT2D eigenvalue weighted by molar-refractivity contribution is 7.20. The van der Waals surface area contributed by atoms with Gasteiger partial charge in [0, 0.05) is 13.6 Å². The average molecular weight is 576 g/mol. The maximum Gasteiger partial charge on any atom is 0.332 e. The number of methoxy groups -OCH3 is 1. The molecular weight excluding hydrogens is 542 g/mol. The van der Waals surface area contributed by atoms with Crippen molar-refractivity contribution in [3.8, 4) is 5.75 Å². The van der Waals surface area contributed by atoms with Crippen LogP contribution in [0.25, 0.3) is 10.2 Å². The first-order valence-corrected chi connectivity index (χ1v) is 14.2. The summed E-state index contributed by atoms with van der Waals surface area (Å²) >= 11 is 1.11. The lowest BCUT2D eigenvalue weighted by Crippen LogP contribution is -2.38. The van der Waals surface area contributed by atoms with Gasteiger partial charge < -0.3 is 14.8 Å². The van der Waals surface area contributed by atoms with Crippen LogP contribution < -0.4 is 21.3 Å². The first-order chi connectivity index (χ1) is 19.4. The van der Waals surface area contributed by atoms with Gasteiger partial charge in [0.25, 0.3) is 11.5 Å². The van der Waals surface area contributed by atoms with E-state index in [4.69, 9.17) is 9.47 Å². The topological polar surface area (TPSA) is 109 Å². The van der Waals surface area contributed by atoms with Gasteiger partial charge in [0.2, 0.25) is 0 Å². The summed E-state index contributed by atoms with van der Waals surface area (Å²) in [4.78, 5) is 53.1. The molecule has 1 aliphatic carbocycles. The quantitative estimate of drug-likeness (QED) is 0.317. The number of aromatic nitrogens is 2. The van der Waals surface area contributed by atoms with Gasteiger partial charge in [0.1, 0.15) is 16.2 Å². The Labute approximate surface area is 241 Å². The summed E-state index contributed by atoms with van der Waals surface area (Å²) in [7, 11) is 3.17. The maximum atomic E-state index is 13.4. The molecular formula is C31H33N3O6S. The van der Waals surface area contributed by atoms with Gasteiger partial charge in [0.05, 0.1) is 29.3 Å². The van der Waals surface area contributed by atoms with Crippen LogP contribution in [0.15, 0.2) is 64.2 Å². The highest BCUT2D eigenvalue weighted by Crippen LogP contribution is 2.49. The van der Waals surface area contributed by atoms with Crippen LogP contribution in [0.2, 0.25) is 0 Å². The molecule has 4 aromatic rings. The van der Waals surface area contributed by atoms with Crippen molar-refractivity contribution >= 4 is 33.4 Å². The third kappa shape index (κ3) is 5.69. The van der Waals surface area contributed by atoms with Crippen molar-refractivity contribution in [1.82, 2.24) is 14.5 Å². The molecule has 0 radical (unpaired) electrons. The summed E-state index contributed by atoms with van der Waals surface area (Å²) in [5.74, 6) is 0.134. The molecule has 1 amide bonds. The Morgan fingerprint density at radius 1 is 1.02 bits per heavy atom. The minimum atomic E-state index is -0.627. The van der Waals surface area contributed by atoms with Crippen LogP contribution in [0, 0.1) is 0 Å². The largest absolute Gasteiger partial charge is 0.497 e. The predicted octanol–water partition coefficient (Wildman–Crippen LogP) is 4.12. The zero-order valence-corrected chi connectivity index (χ0v) is 24.6. The molecule has 0 bridgehead atoms. The summed E-state index contributed by atoms with van der Waals surface area (Å²) in [6, 6.07) is 16.3. The second-order valence-electron chi connectivity index (χ2n) is 11.4. The number of nitrogens with one attached hydrogen (secondary N) is 1. The molecule has 2 aromatic carbocycles. The predicted molar refractivity (Wildman–Crippen MR) is 158 cm³/mol. The van der Waals surface area contributed by atoms with Crippen molar-refractivity contribution in [2.75, 3.05) is 7.11 Å². The Balaban J connectivity index is 1.36. The molecule has 0 spiro atoms. The van der Waals surface area contributed by atoms with E-state index in [-0.39, 0.29) is 18.4 Å². The van der Waals surface area contributed by atoms with Crippen molar-refractivity contribution in [2.45, 2.75) is 57.7 Å².